The SMILES string of the molecule is CCN(CC)CCNC(=O)c1c(C)[nH]c(C=C2C(=O)N(C(C(=O)O)N(C)C)c3ccc(F)cc32)c1C. The summed E-state index contributed by atoms with van der Waals surface area (Å²) in [7, 11) is 3.11. The predicted molar refractivity (Wildman–Crippen MR) is 137 cm³/mol. The topological polar surface area (TPSA) is 109 Å². The zero-order valence-electron chi connectivity index (χ0n) is 21.6. The van der Waals surface area contributed by atoms with Crippen molar-refractivity contribution in [2.45, 2.75) is 33.9 Å². The van der Waals surface area contributed by atoms with Gasteiger partial charge in [0.05, 0.1) is 16.8 Å². The van der Waals surface area contributed by atoms with E-state index in [1.807, 2.05) is 0 Å². The molecule has 0 saturated carbocycles. The Morgan fingerprint density at radius 2 is 1.89 bits per heavy atom. The van der Waals surface area contributed by atoms with E-state index >= 15 is 0 Å². The number of aryl methyl sites for hydroxylation is 1. The zero-order chi connectivity index (χ0) is 26.7. The molecule has 1 aliphatic rings. The third-order valence-electron chi connectivity index (χ3n) is 6.51. The van der Waals surface area contributed by atoms with Gasteiger partial charge in [-0.3, -0.25) is 19.4 Å². The van der Waals surface area contributed by atoms with E-state index in [0.717, 1.165) is 24.5 Å². The van der Waals surface area contributed by atoms with Gasteiger partial charge < -0.3 is 20.3 Å². The van der Waals surface area contributed by atoms with Gasteiger partial charge in [-0.2, -0.15) is 0 Å². The maximum atomic E-state index is 14.2. The number of halogens is 1. The van der Waals surface area contributed by atoms with Gasteiger partial charge in [0, 0.05) is 30.0 Å². The summed E-state index contributed by atoms with van der Waals surface area (Å²) in [6, 6.07) is 3.82. The maximum absolute atomic E-state index is 14.2. The lowest BCUT2D eigenvalue weighted by Gasteiger charge is -2.29. The first-order chi connectivity index (χ1) is 17.0. The van der Waals surface area contributed by atoms with Gasteiger partial charge in [0.1, 0.15) is 5.82 Å². The van der Waals surface area contributed by atoms with Gasteiger partial charge in [-0.1, -0.05) is 13.8 Å². The molecule has 0 spiro atoms. The molecular weight excluding hydrogens is 465 g/mol. The summed E-state index contributed by atoms with van der Waals surface area (Å²) in [5, 5.41) is 12.7. The third-order valence-corrected chi connectivity index (χ3v) is 6.51. The van der Waals surface area contributed by atoms with Gasteiger partial charge in [-0.05, 0) is 70.9 Å². The quantitative estimate of drug-likeness (QED) is 0.434. The number of hydrogen-bond donors (Lipinski definition) is 3. The molecule has 1 aromatic carbocycles. The molecule has 1 atom stereocenters. The van der Waals surface area contributed by atoms with Crippen LogP contribution in [0, 0.1) is 19.7 Å². The van der Waals surface area contributed by atoms with E-state index < -0.39 is 23.9 Å². The second kappa shape index (κ2) is 11.0. The van der Waals surface area contributed by atoms with Crippen LogP contribution >= 0.6 is 0 Å². The Labute approximate surface area is 210 Å². The second-order valence-corrected chi connectivity index (χ2v) is 9.02. The van der Waals surface area contributed by atoms with Crippen molar-refractivity contribution in [3.63, 3.8) is 0 Å². The fourth-order valence-corrected chi connectivity index (χ4v) is 4.59. The van der Waals surface area contributed by atoms with E-state index in [9.17, 15) is 23.9 Å². The van der Waals surface area contributed by atoms with Crippen LogP contribution in [-0.2, 0) is 9.59 Å². The molecule has 1 aliphatic heterocycles. The molecule has 0 bridgehead atoms. The molecule has 3 rings (SSSR count). The van der Waals surface area contributed by atoms with Crippen molar-refractivity contribution in [1.82, 2.24) is 20.1 Å². The Balaban J connectivity index is 1.98. The van der Waals surface area contributed by atoms with E-state index in [0.29, 0.717) is 40.3 Å². The Kier molecular flexibility index (Phi) is 8.31. The highest BCUT2D eigenvalue weighted by Gasteiger charge is 2.41. The standard InChI is InChI=1S/C26H34FN5O4/c1-7-31(8-2)12-11-28-23(33)22-15(3)20(29-16(22)4)14-19-18-13-17(27)9-10-21(18)32(25(19)34)24(26(35)36)30(5)6/h9-10,13-14,24,29H,7-8,11-12H2,1-6H3,(H,28,33)(H,35,36). The van der Waals surface area contributed by atoms with Gasteiger partial charge in [0.15, 0.2) is 6.17 Å². The Morgan fingerprint density at radius 1 is 1.22 bits per heavy atom. The first kappa shape index (κ1) is 27.1. The van der Waals surface area contributed by atoms with Crippen molar-refractivity contribution in [2.75, 3.05) is 45.2 Å². The molecule has 36 heavy (non-hydrogen) atoms. The molecule has 2 aromatic rings. The number of aromatic amines is 1. The van der Waals surface area contributed by atoms with E-state index in [1.165, 1.54) is 23.1 Å². The van der Waals surface area contributed by atoms with Gasteiger partial charge in [0.2, 0.25) is 0 Å². The number of rotatable bonds is 10. The van der Waals surface area contributed by atoms with Crippen molar-refractivity contribution in [3.05, 3.63) is 52.1 Å². The number of carbonyl (C=O) groups is 3. The number of benzene rings is 1. The van der Waals surface area contributed by atoms with Crippen LogP contribution < -0.4 is 10.2 Å². The number of fused-ring (bicyclic) bond motifs is 1. The van der Waals surface area contributed by atoms with Gasteiger partial charge in [0.25, 0.3) is 11.8 Å². The second-order valence-electron chi connectivity index (χ2n) is 9.02. The monoisotopic (exact) mass is 499 g/mol. The summed E-state index contributed by atoms with van der Waals surface area (Å²) in [4.78, 5) is 46.3. The number of H-pyrrole nitrogens is 1. The summed E-state index contributed by atoms with van der Waals surface area (Å²) in [5.74, 6) is -2.53. The van der Waals surface area contributed by atoms with E-state index in [1.54, 1.807) is 34.0 Å². The van der Waals surface area contributed by atoms with E-state index in [-0.39, 0.29) is 11.5 Å². The van der Waals surface area contributed by atoms with Crippen LogP contribution in [0.2, 0.25) is 0 Å². The van der Waals surface area contributed by atoms with Crippen LogP contribution in [0.3, 0.4) is 0 Å². The van der Waals surface area contributed by atoms with Crippen LogP contribution in [-0.4, -0.2) is 84.1 Å². The number of aliphatic carboxylic acids is 1. The number of nitrogens with one attached hydrogen (secondary N) is 2. The first-order valence-electron chi connectivity index (χ1n) is 12.0. The van der Waals surface area contributed by atoms with Gasteiger partial charge in [-0.15, -0.1) is 0 Å². The molecule has 9 nitrogen and oxygen atoms in total. The van der Waals surface area contributed by atoms with Crippen LogP contribution in [0.25, 0.3) is 11.6 Å². The Morgan fingerprint density at radius 3 is 2.47 bits per heavy atom. The smallest absolute Gasteiger partial charge is 0.342 e. The minimum atomic E-state index is -1.27. The number of aromatic nitrogens is 1. The lowest BCUT2D eigenvalue weighted by atomic mass is 10.0. The lowest BCUT2D eigenvalue weighted by molar-refractivity contribution is -0.143. The molecule has 1 aromatic heterocycles. The minimum Gasteiger partial charge on any atom is -0.479 e. The summed E-state index contributed by atoms with van der Waals surface area (Å²) in [5.41, 5.74) is 3.05. The fraction of sp³-hybridized carbons (Fsp3) is 0.423. The highest BCUT2D eigenvalue weighted by molar-refractivity contribution is 6.36. The minimum absolute atomic E-state index is 0.149. The molecule has 0 fully saturated rings. The molecule has 0 aliphatic carbocycles. The van der Waals surface area contributed by atoms with E-state index in [2.05, 4.69) is 29.0 Å². The molecule has 2 heterocycles. The molecule has 3 N–H and O–H groups in total. The number of carboxylic acids is 1. The number of anilines is 1. The van der Waals surface area contributed by atoms with Crippen LogP contribution in [0.5, 0.6) is 0 Å². The number of amides is 2. The number of likely N-dealkylation sites (N-methyl/N-ethyl adjacent to an activating group) is 2. The van der Waals surface area contributed by atoms with E-state index in [4.69, 9.17) is 0 Å². The molecule has 10 heteroatoms. The molecule has 0 saturated heterocycles. The van der Waals surface area contributed by atoms with Crippen LogP contribution in [0.4, 0.5) is 10.1 Å². The highest BCUT2D eigenvalue weighted by atomic mass is 19.1. The molecule has 194 valence electrons. The highest BCUT2D eigenvalue weighted by Crippen LogP contribution is 2.40. The number of carboxylic acid groups (broad SMARTS) is 1. The van der Waals surface area contributed by atoms with Crippen LogP contribution in [0.15, 0.2) is 18.2 Å². The molecule has 0 radical (unpaired) electrons. The summed E-state index contributed by atoms with van der Waals surface area (Å²) in [6.07, 6.45) is 0.288. The van der Waals surface area contributed by atoms with Crippen molar-refractivity contribution >= 4 is 35.1 Å². The largest absolute Gasteiger partial charge is 0.479 e. The lowest BCUT2D eigenvalue weighted by Crippen LogP contribution is -2.51. The fourth-order valence-electron chi connectivity index (χ4n) is 4.59. The van der Waals surface area contributed by atoms with Gasteiger partial charge in [-0.25, -0.2) is 9.18 Å². The van der Waals surface area contributed by atoms with Crippen molar-refractivity contribution in [3.8, 4) is 0 Å². The molecule has 2 amide bonds. The summed E-state index contributed by atoms with van der Waals surface area (Å²) < 4.78 is 14.2. The van der Waals surface area contributed by atoms with Crippen molar-refractivity contribution in [2.24, 2.45) is 0 Å². The first-order valence-corrected chi connectivity index (χ1v) is 12.0. The predicted octanol–water partition coefficient (Wildman–Crippen LogP) is 2.70. The number of hydrogen-bond acceptors (Lipinski definition) is 5. The third kappa shape index (κ3) is 5.19. The van der Waals surface area contributed by atoms with Crippen molar-refractivity contribution < 1.29 is 23.9 Å². The van der Waals surface area contributed by atoms with Crippen molar-refractivity contribution in [1.29, 1.82) is 0 Å². The van der Waals surface area contributed by atoms with Gasteiger partial charge >= 0.3 is 5.97 Å². The number of nitrogens with zero attached hydrogens (tertiary/aromatic N) is 3. The number of carbonyl (C=O) groups excluding carboxylic acids is 2. The summed E-state index contributed by atoms with van der Waals surface area (Å²) in [6.45, 7) is 10.7. The Hall–Kier alpha value is -3.50. The molecule has 1 unspecified atom stereocenters. The Bertz CT molecular complexity index is 1200. The van der Waals surface area contributed by atoms with Crippen LogP contribution in [0.1, 0.15) is 46.7 Å². The summed E-state index contributed by atoms with van der Waals surface area (Å²) >= 11 is 0. The zero-order valence-corrected chi connectivity index (χ0v) is 21.6. The molecular formula is C26H34FN5O4. The normalized spacial score (nSPS) is 15.2. The average Bonchev–Trinajstić information content (AvgIpc) is 3.23. The average molecular weight is 500 g/mol. The maximum Gasteiger partial charge on any atom is 0.342 e.